The fourth-order valence-corrected chi connectivity index (χ4v) is 5.84. The van der Waals surface area contributed by atoms with Crippen molar-refractivity contribution in [2.45, 2.75) is 25.9 Å². The summed E-state index contributed by atoms with van der Waals surface area (Å²) in [6.07, 6.45) is 11.0. The van der Waals surface area contributed by atoms with E-state index >= 15 is 0 Å². The maximum atomic E-state index is 5.30. The van der Waals surface area contributed by atoms with Crippen molar-refractivity contribution in [1.29, 1.82) is 0 Å². The number of benzene rings is 3. The zero-order valence-corrected chi connectivity index (χ0v) is 20.4. The molecule has 3 aromatic carbocycles. The monoisotopic (exact) mass is 468 g/mol. The van der Waals surface area contributed by atoms with Crippen LogP contribution < -0.4 is 13.9 Å². The maximum Gasteiger partial charge on any atom is 0.221 e. The molecule has 7 rings (SSSR count). The van der Waals surface area contributed by atoms with Crippen molar-refractivity contribution in [1.82, 2.24) is 0 Å². The van der Waals surface area contributed by atoms with E-state index in [1.165, 1.54) is 50.0 Å². The molecule has 3 heteroatoms. The summed E-state index contributed by atoms with van der Waals surface area (Å²) in [5.41, 5.74) is 10.8. The molecular formula is C33H28N2O+2. The lowest BCUT2D eigenvalue weighted by molar-refractivity contribution is -0.689. The maximum absolute atomic E-state index is 5.30. The highest BCUT2D eigenvalue weighted by molar-refractivity contribution is 5.98. The molecule has 2 aliphatic heterocycles. The Morgan fingerprint density at radius 3 is 2.25 bits per heavy atom. The molecule has 0 saturated carbocycles. The van der Waals surface area contributed by atoms with E-state index < -0.39 is 0 Å². The molecule has 0 aliphatic carbocycles. The Kier molecular flexibility index (Phi) is 4.95. The average molecular weight is 469 g/mol. The number of pyridine rings is 2. The van der Waals surface area contributed by atoms with Crippen LogP contribution in [0.15, 0.2) is 91.3 Å². The Labute approximate surface area is 211 Å². The molecule has 0 spiro atoms. The minimum Gasteiger partial charge on any atom is -0.497 e. The van der Waals surface area contributed by atoms with Crippen LogP contribution in [0.1, 0.15) is 22.3 Å². The predicted molar refractivity (Wildman–Crippen MR) is 145 cm³/mol. The van der Waals surface area contributed by atoms with Crippen LogP contribution in [0.2, 0.25) is 0 Å². The number of hydrogen-bond acceptors (Lipinski definition) is 1. The molecular weight excluding hydrogens is 440 g/mol. The van der Waals surface area contributed by atoms with Gasteiger partial charge in [-0.3, -0.25) is 0 Å². The van der Waals surface area contributed by atoms with Gasteiger partial charge < -0.3 is 4.74 Å². The first-order chi connectivity index (χ1) is 17.8. The molecule has 0 bridgehead atoms. The summed E-state index contributed by atoms with van der Waals surface area (Å²) in [5, 5.41) is 2.64. The Hall–Kier alpha value is -4.24. The molecule has 0 N–H and O–H groups in total. The summed E-state index contributed by atoms with van der Waals surface area (Å²) in [5.74, 6) is 0.879. The first-order valence-electron chi connectivity index (χ1n) is 12.7. The van der Waals surface area contributed by atoms with Gasteiger partial charge in [0.05, 0.1) is 23.6 Å². The molecule has 0 radical (unpaired) electrons. The van der Waals surface area contributed by atoms with Crippen molar-refractivity contribution in [2.24, 2.45) is 0 Å². The molecule has 3 nitrogen and oxygen atoms in total. The Morgan fingerprint density at radius 1 is 0.694 bits per heavy atom. The van der Waals surface area contributed by atoms with Gasteiger partial charge in [0.15, 0.2) is 25.5 Å². The second-order valence-corrected chi connectivity index (χ2v) is 9.72. The van der Waals surface area contributed by atoms with Crippen molar-refractivity contribution in [3.05, 3.63) is 114 Å². The van der Waals surface area contributed by atoms with Crippen molar-refractivity contribution >= 4 is 22.9 Å². The predicted octanol–water partition coefficient (Wildman–Crippen LogP) is 6.04. The third kappa shape index (κ3) is 3.43. The summed E-state index contributed by atoms with van der Waals surface area (Å²) < 4.78 is 10.2. The molecule has 2 aliphatic rings. The average Bonchev–Trinajstić information content (AvgIpc) is 2.95. The number of methoxy groups -OCH3 is 1. The Balaban J connectivity index is 1.39. The molecule has 174 valence electrons. The van der Waals surface area contributed by atoms with Gasteiger partial charge >= 0.3 is 0 Å². The first kappa shape index (κ1) is 21.1. The van der Waals surface area contributed by atoms with E-state index in [4.69, 9.17) is 4.74 Å². The van der Waals surface area contributed by atoms with Crippen LogP contribution in [0.3, 0.4) is 0 Å². The summed E-state index contributed by atoms with van der Waals surface area (Å²) in [6.45, 7) is 2.04. The molecule has 0 unspecified atom stereocenters. The smallest absolute Gasteiger partial charge is 0.221 e. The van der Waals surface area contributed by atoms with Crippen LogP contribution in [0.4, 0.5) is 0 Å². The highest BCUT2D eigenvalue weighted by Crippen LogP contribution is 2.41. The van der Waals surface area contributed by atoms with Crippen LogP contribution in [0.5, 0.6) is 5.75 Å². The number of fused-ring (bicyclic) bond motifs is 9. The van der Waals surface area contributed by atoms with Gasteiger partial charge in [-0.05, 0) is 45.8 Å². The van der Waals surface area contributed by atoms with E-state index in [0.29, 0.717) is 0 Å². The second kappa shape index (κ2) is 8.46. The van der Waals surface area contributed by atoms with Crippen molar-refractivity contribution < 1.29 is 13.9 Å². The number of nitrogens with zero attached hydrogens (tertiary/aromatic N) is 2. The topological polar surface area (TPSA) is 17.0 Å². The fourth-order valence-electron chi connectivity index (χ4n) is 5.84. The standard InChI is InChI=1S/C33H28N2O/c1-36-28-12-8-23(9-13-28)6-7-24-14-18-34-19-16-26-10-11-27-17-21-35-20-15-25-4-2-3-5-29(25)33(35)32(27)31(26)30(34)22-24/h2-15,18,20,22H,16-17,19,21H2,1H3/q+2/b7-6+. The third-order valence-corrected chi connectivity index (χ3v) is 7.70. The summed E-state index contributed by atoms with van der Waals surface area (Å²) in [6, 6.07) is 28.6. The summed E-state index contributed by atoms with van der Waals surface area (Å²) in [7, 11) is 1.70. The SMILES string of the molecule is COc1ccc(/C=C/c2cc[n+]3c(c2)-c2c(ccc4c2-c2c5ccccc5cc[n+]2CC4)CC3)cc1. The molecule has 2 aromatic heterocycles. The minimum atomic E-state index is 0.879. The molecule has 0 fully saturated rings. The number of rotatable bonds is 3. The highest BCUT2D eigenvalue weighted by atomic mass is 16.5. The van der Waals surface area contributed by atoms with Gasteiger partial charge in [0.25, 0.3) is 0 Å². The van der Waals surface area contributed by atoms with Gasteiger partial charge in [-0.15, -0.1) is 0 Å². The quantitative estimate of drug-likeness (QED) is 0.295. The fraction of sp³-hybridized carbons (Fsp3) is 0.152. The van der Waals surface area contributed by atoms with E-state index in [2.05, 4.69) is 100 Å². The van der Waals surface area contributed by atoms with Crippen LogP contribution in [-0.2, 0) is 25.9 Å². The van der Waals surface area contributed by atoms with Gasteiger partial charge in [-0.1, -0.05) is 54.6 Å². The van der Waals surface area contributed by atoms with E-state index in [0.717, 1.165) is 37.2 Å². The zero-order chi connectivity index (χ0) is 24.1. The molecule has 0 atom stereocenters. The second-order valence-electron chi connectivity index (χ2n) is 9.72. The van der Waals surface area contributed by atoms with E-state index in [1.807, 2.05) is 12.1 Å². The van der Waals surface area contributed by atoms with Crippen molar-refractivity contribution in [3.8, 4) is 28.3 Å². The van der Waals surface area contributed by atoms with Crippen LogP contribution in [0.25, 0.3) is 45.4 Å². The number of aryl methyl sites for hydroxylation is 4. The zero-order valence-electron chi connectivity index (χ0n) is 20.4. The molecule has 4 heterocycles. The Morgan fingerprint density at radius 2 is 1.42 bits per heavy atom. The molecule has 5 aromatic rings. The Bertz CT molecular complexity index is 1660. The number of aromatic nitrogens is 2. The lowest BCUT2D eigenvalue weighted by Gasteiger charge is -2.23. The van der Waals surface area contributed by atoms with Gasteiger partial charge in [0, 0.05) is 31.0 Å². The van der Waals surface area contributed by atoms with E-state index in [-0.39, 0.29) is 0 Å². The third-order valence-electron chi connectivity index (χ3n) is 7.70. The van der Waals surface area contributed by atoms with Gasteiger partial charge in [-0.2, -0.15) is 9.13 Å². The van der Waals surface area contributed by atoms with Crippen LogP contribution in [-0.4, -0.2) is 7.11 Å². The van der Waals surface area contributed by atoms with Gasteiger partial charge in [-0.25, -0.2) is 0 Å². The highest BCUT2D eigenvalue weighted by Gasteiger charge is 2.34. The molecule has 0 amide bonds. The van der Waals surface area contributed by atoms with Gasteiger partial charge in [0.2, 0.25) is 11.4 Å². The molecule has 36 heavy (non-hydrogen) atoms. The van der Waals surface area contributed by atoms with E-state index in [9.17, 15) is 0 Å². The lowest BCUT2D eigenvalue weighted by atomic mass is 9.83. The van der Waals surface area contributed by atoms with E-state index in [1.54, 1.807) is 7.11 Å². The number of hydrogen-bond donors (Lipinski definition) is 0. The largest absolute Gasteiger partial charge is 0.497 e. The van der Waals surface area contributed by atoms with Gasteiger partial charge in [0.1, 0.15) is 5.75 Å². The summed E-state index contributed by atoms with van der Waals surface area (Å²) in [4.78, 5) is 0. The lowest BCUT2D eigenvalue weighted by Crippen LogP contribution is -2.43. The van der Waals surface area contributed by atoms with Crippen molar-refractivity contribution in [3.63, 3.8) is 0 Å². The summed E-state index contributed by atoms with van der Waals surface area (Å²) >= 11 is 0. The normalized spacial score (nSPS) is 13.7. The van der Waals surface area contributed by atoms with Crippen molar-refractivity contribution in [2.75, 3.05) is 7.11 Å². The molecule has 0 saturated heterocycles. The van der Waals surface area contributed by atoms with Crippen LogP contribution >= 0.6 is 0 Å². The van der Waals surface area contributed by atoms with Crippen LogP contribution in [0, 0.1) is 0 Å². The minimum absolute atomic E-state index is 0.879. The number of ether oxygens (including phenoxy) is 1. The first-order valence-corrected chi connectivity index (χ1v) is 12.7.